The first-order valence-corrected chi connectivity index (χ1v) is 6.39. The van der Waals surface area contributed by atoms with Crippen LogP contribution in [-0.2, 0) is 4.79 Å². The lowest BCUT2D eigenvalue weighted by atomic mass is 9.84. The van der Waals surface area contributed by atoms with E-state index in [-0.39, 0.29) is 17.5 Å². The molecule has 0 bridgehead atoms. The van der Waals surface area contributed by atoms with Gasteiger partial charge >= 0.3 is 11.7 Å². The van der Waals surface area contributed by atoms with E-state index in [1.807, 2.05) is 0 Å². The molecule has 1 saturated carbocycles. The van der Waals surface area contributed by atoms with Gasteiger partial charge in [-0.15, -0.1) is 0 Å². The van der Waals surface area contributed by atoms with Gasteiger partial charge in [-0.05, 0) is 18.9 Å². The first kappa shape index (κ1) is 14.0. The van der Waals surface area contributed by atoms with Crippen molar-refractivity contribution in [3.63, 3.8) is 0 Å². The van der Waals surface area contributed by atoms with Crippen LogP contribution in [0.4, 0.5) is 17.3 Å². The van der Waals surface area contributed by atoms with Gasteiger partial charge in [0.15, 0.2) is 0 Å². The summed E-state index contributed by atoms with van der Waals surface area (Å²) in [5, 5.41) is 22.9. The smallest absolute Gasteiger partial charge is 0.311 e. The van der Waals surface area contributed by atoms with Gasteiger partial charge in [0, 0.05) is 12.1 Å². The number of nitrogen functional groups attached to an aromatic ring is 1. The Balaban J connectivity index is 2.14. The average Bonchev–Trinajstić information content (AvgIpc) is 2.38. The minimum Gasteiger partial charge on any atom is -0.481 e. The molecule has 2 unspecified atom stereocenters. The van der Waals surface area contributed by atoms with E-state index in [0.29, 0.717) is 12.2 Å². The largest absolute Gasteiger partial charge is 0.481 e. The number of carboxylic acids is 1. The van der Waals surface area contributed by atoms with E-state index < -0.39 is 16.8 Å². The van der Waals surface area contributed by atoms with Gasteiger partial charge in [0.25, 0.3) is 0 Å². The van der Waals surface area contributed by atoms with Crippen molar-refractivity contribution >= 4 is 23.3 Å². The number of anilines is 2. The minimum absolute atomic E-state index is 0.178. The minimum atomic E-state index is -0.836. The van der Waals surface area contributed by atoms with Crippen LogP contribution in [0.25, 0.3) is 0 Å². The molecular weight excluding hydrogens is 264 g/mol. The Morgan fingerprint density at radius 1 is 1.45 bits per heavy atom. The maximum Gasteiger partial charge on any atom is 0.311 e. The fraction of sp³-hybridized carbons (Fsp3) is 0.500. The molecule has 0 aliphatic heterocycles. The molecule has 0 amide bonds. The highest BCUT2D eigenvalue weighted by molar-refractivity contribution is 5.72. The summed E-state index contributed by atoms with van der Waals surface area (Å²) in [5.74, 6) is -1.12. The molecule has 2 rings (SSSR count). The molecule has 0 aromatic carbocycles. The summed E-state index contributed by atoms with van der Waals surface area (Å²) < 4.78 is 0. The van der Waals surface area contributed by atoms with Crippen molar-refractivity contribution < 1.29 is 14.8 Å². The fourth-order valence-corrected chi connectivity index (χ4v) is 2.49. The standard InChI is InChI=1S/C12H16N4O4/c13-11-9(16(19)20)5-6-10(15-11)14-8-4-2-1-3-7(8)12(17)18/h5-8H,1-4H2,(H,17,18)(H3,13,14,15). The molecule has 1 heterocycles. The summed E-state index contributed by atoms with van der Waals surface area (Å²) in [4.78, 5) is 25.2. The Labute approximate surface area is 115 Å². The van der Waals surface area contributed by atoms with Crippen molar-refractivity contribution in [3.8, 4) is 0 Å². The second-order valence-electron chi connectivity index (χ2n) is 4.84. The van der Waals surface area contributed by atoms with Crippen molar-refractivity contribution in [1.29, 1.82) is 0 Å². The molecule has 2 atom stereocenters. The number of nitrogens with zero attached hydrogens (tertiary/aromatic N) is 2. The van der Waals surface area contributed by atoms with Crippen LogP contribution in [-0.4, -0.2) is 27.0 Å². The molecule has 1 aliphatic carbocycles. The first-order chi connectivity index (χ1) is 9.49. The van der Waals surface area contributed by atoms with Gasteiger partial charge < -0.3 is 16.2 Å². The third-order valence-electron chi connectivity index (χ3n) is 3.52. The molecule has 0 saturated heterocycles. The number of aromatic nitrogens is 1. The molecule has 0 spiro atoms. The monoisotopic (exact) mass is 280 g/mol. The normalized spacial score (nSPS) is 22.2. The Bertz CT molecular complexity index is 534. The lowest BCUT2D eigenvalue weighted by molar-refractivity contribution is -0.384. The van der Waals surface area contributed by atoms with E-state index in [2.05, 4.69) is 10.3 Å². The number of hydrogen-bond acceptors (Lipinski definition) is 6. The number of aliphatic carboxylic acids is 1. The van der Waals surface area contributed by atoms with Gasteiger partial charge in [-0.2, -0.15) is 0 Å². The van der Waals surface area contributed by atoms with Crippen molar-refractivity contribution in [2.45, 2.75) is 31.7 Å². The molecule has 108 valence electrons. The number of carbonyl (C=O) groups is 1. The van der Waals surface area contributed by atoms with Crippen LogP contribution >= 0.6 is 0 Å². The fourth-order valence-electron chi connectivity index (χ4n) is 2.49. The molecule has 1 aliphatic rings. The average molecular weight is 280 g/mol. The number of nitro groups is 1. The summed E-state index contributed by atoms with van der Waals surface area (Å²) >= 11 is 0. The predicted octanol–water partition coefficient (Wildman–Crippen LogP) is 1.63. The lowest BCUT2D eigenvalue weighted by Crippen LogP contribution is -2.37. The highest BCUT2D eigenvalue weighted by Gasteiger charge is 2.31. The Morgan fingerprint density at radius 3 is 2.75 bits per heavy atom. The zero-order valence-electron chi connectivity index (χ0n) is 10.8. The molecule has 20 heavy (non-hydrogen) atoms. The number of pyridine rings is 1. The SMILES string of the molecule is Nc1nc(NC2CCCCC2C(=O)O)ccc1[N+](=O)[O-]. The lowest BCUT2D eigenvalue weighted by Gasteiger charge is -2.29. The molecule has 1 aromatic heterocycles. The quantitative estimate of drug-likeness (QED) is 0.564. The second kappa shape index (κ2) is 5.72. The summed E-state index contributed by atoms with van der Waals surface area (Å²) in [5.41, 5.74) is 5.26. The maximum absolute atomic E-state index is 11.2. The van der Waals surface area contributed by atoms with Crippen LogP contribution in [0.1, 0.15) is 25.7 Å². The van der Waals surface area contributed by atoms with Crippen molar-refractivity contribution in [2.75, 3.05) is 11.1 Å². The van der Waals surface area contributed by atoms with Crippen LogP contribution in [0.15, 0.2) is 12.1 Å². The highest BCUT2D eigenvalue weighted by atomic mass is 16.6. The molecule has 8 heteroatoms. The van der Waals surface area contributed by atoms with Gasteiger partial charge in [0.2, 0.25) is 5.82 Å². The van der Waals surface area contributed by atoms with Crippen LogP contribution in [0.2, 0.25) is 0 Å². The van der Waals surface area contributed by atoms with E-state index in [1.165, 1.54) is 12.1 Å². The van der Waals surface area contributed by atoms with Gasteiger partial charge in [-0.3, -0.25) is 14.9 Å². The van der Waals surface area contributed by atoms with Crippen molar-refractivity contribution in [1.82, 2.24) is 4.98 Å². The number of hydrogen-bond donors (Lipinski definition) is 3. The number of nitrogens with one attached hydrogen (secondary N) is 1. The highest BCUT2D eigenvalue weighted by Crippen LogP contribution is 2.28. The van der Waals surface area contributed by atoms with Gasteiger partial charge in [-0.25, -0.2) is 4.98 Å². The topological polar surface area (TPSA) is 131 Å². The summed E-state index contributed by atoms with van der Waals surface area (Å²) in [6.07, 6.45) is 3.19. The molecule has 0 radical (unpaired) electrons. The third-order valence-corrected chi connectivity index (χ3v) is 3.52. The van der Waals surface area contributed by atoms with Gasteiger partial charge in [0.1, 0.15) is 5.82 Å². The van der Waals surface area contributed by atoms with Crippen LogP contribution < -0.4 is 11.1 Å². The zero-order valence-corrected chi connectivity index (χ0v) is 10.8. The first-order valence-electron chi connectivity index (χ1n) is 6.39. The number of rotatable bonds is 4. The van der Waals surface area contributed by atoms with Gasteiger partial charge in [-0.1, -0.05) is 12.8 Å². The van der Waals surface area contributed by atoms with E-state index in [0.717, 1.165) is 19.3 Å². The van der Waals surface area contributed by atoms with E-state index >= 15 is 0 Å². The summed E-state index contributed by atoms with van der Waals surface area (Å²) in [6.45, 7) is 0. The van der Waals surface area contributed by atoms with Crippen LogP contribution in [0.5, 0.6) is 0 Å². The molecule has 1 fully saturated rings. The summed E-state index contributed by atoms with van der Waals surface area (Å²) in [6, 6.07) is 2.49. The predicted molar refractivity (Wildman–Crippen MR) is 72.3 cm³/mol. The third kappa shape index (κ3) is 2.95. The van der Waals surface area contributed by atoms with Crippen LogP contribution in [0, 0.1) is 16.0 Å². The zero-order chi connectivity index (χ0) is 14.7. The number of nitrogens with two attached hydrogens (primary N) is 1. The maximum atomic E-state index is 11.2. The van der Waals surface area contributed by atoms with Gasteiger partial charge in [0.05, 0.1) is 10.8 Å². The van der Waals surface area contributed by atoms with E-state index in [4.69, 9.17) is 5.73 Å². The molecule has 1 aromatic rings. The molecule has 4 N–H and O–H groups in total. The summed E-state index contributed by atoms with van der Waals surface area (Å²) in [7, 11) is 0. The second-order valence-corrected chi connectivity index (χ2v) is 4.84. The molecule has 8 nitrogen and oxygen atoms in total. The van der Waals surface area contributed by atoms with Crippen LogP contribution in [0.3, 0.4) is 0 Å². The van der Waals surface area contributed by atoms with E-state index in [1.54, 1.807) is 0 Å². The van der Waals surface area contributed by atoms with E-state index in [9.17, 15) is 20.0 Å². The Morgan fingerprint density at radius 2 is 2.15 bits per heavy atom. The van der Waals surface area contributed by atoms with Crippen molar-refractivity contribution in [3.05, 3.63) is 22.2 Å². The Kier molecular flexibility index (Phi) is 4.02. The van der Waals surface area contributed by atoms with Crippen molar-refractivity contribution in [2.24, 2.45) is 5.92 Å². The Hall–Kier alpha value is -2.38. The molecular formula is C12H16N4O4. The number of carboxylic acid groups (broad SMARTS) is 1.